The minimum Gasteiger partial charge on any atom is -0.488 e. The number of halogens is 7. The maximum Gasteiger partial charge on any atom is 0.416 e. The van der Waals surface area contributed by atoms with Crippen LogP contribution in [0.4, 0.5) is 26.3 Å². The van der Waals surface area contributed by atoms with Crippen LogP contribution in [-0.2, 0) is 28.8 Å². The summed E-state index contributed by atoms with van der Waals surface area (Å²) in [4.78, 5) is 41.7. The first kappa shape index (κ1) is 37.0. The van der Waals surface area contributed by atoms with Crippen molar-refractivity contribution in [3.63, 3.8) is 0 Å². The Balaban J connectivity index is 1.58. The maximum atomic E-state index is 16.1. The number of carboxylic acids is 1. The molecule has 6 rings (SSSR count). The van der Waals surface area contributed by atoms with Gasteiger partial charge in [-0.25, -0.2) is 13.2 Å². The number of aryl methyl sites for hydroxylation is 2. The Morgan fingerprint density at radius 2 is 1.75 bits per heavy atom. The van der Waals surface area contributed by atoms with E-state index < -0.39 is 81.6 Å². The van der Waals surface area contributed by atoms with Gasteiger partial charge in [-0.15, -0.1) is 0 Å². The molecule has 0 saturated carbocycles. The molecule has 3 heterocycles. The lowest BCUT2D eigenvalue weighted by Gasteiger charge is -2.34. The number of carboxylic acid groups (broad SMARTS) is 1. The molecule has 1 aromatic heterocycles. The maximum absolute atomic E-state index is 16.1. The van der Waals surface area contributed by atoms with E-state index in [-0.39, 0.29) is 55.4 Å². The summed E-state index contributed by atoms with van der Waals surface area (Å²) in [5, 5.41) is 11.8. The van der Waals surface area contributed by atoms with Gasteiger partial charge in [0.25, 0.3) is 5.56 Å². The third kappa shape index (κ3) is 7.40. The van der Waals surface area contributed by atoms with Gasteiger partial charge in [0, 0.05) is 48.6 Å². The molecule has 0 radical (unpaired) electrons. The molecular formula is C37H32ClF6N3O5. The predicted octanol–water partition coefficient (Wildman–Crippen LogP) is 7.09. The Labute approximate surface area is 298 Å². The summed E-state index contributed by atoms with van der Waals surface area (Å²) in [6.07, 6.45) is -6.51. The van der Waals surface area contributed by atoms with Crippen LogP contribution in [0.2, 0.25) is 5.02 Å². The smallest absolute Gasteiger partial charge is 0.416 e. The average molecular weight is 748 g/mol. The lowest BCUT2D eigenvalue weighted by Crippen LogP contribution is -2.49. The number of aliphatic carboxylic acids is 1. The number of nitrogens with one attached hydrogen (secondary N) is 1. The van der Waals surface area contributed by atoms with Crippen molar-refractivity contribution in [2.75, 3.05) is 19.6 Å². The van der Waals surface area contributed by atoms with Gasteiger partial charge in [0.2, 0.25) is 5.91 Å². The zero-order chi connectivity index (χ0) is 37.6. The lowest BCUT2D eigenvalue weighted by molar-refractivity contribution is -0.139. The molecule has 0 spiro atoms. The fourth-order valence-corrected chi connectivity index (χ4v) is 6.99. The number of carbonyl (C=O) groups is 2. The molecule has 1 amide bonds. The number of pyridine rings is 1. The lowest BCUT2D eigenvalue weighted by atomic mass is 9.91. The summed E-state index contributed by atoms with van der Waals surface area (Å²) in [5.41, 5.74) is -1.84. The molecule has 8 nitrogen and oxygen atoms in total. The van der Waals surface area contributed by atoms with Crippen LogP contribution >= 0.6 is 11.6 Å². The Morgan fingerprint density at radius 1 is 1.02 bits per heavy atom. The summed E-state index contributed by atoms with van der Waals surface area (Å²) in [7, 11) is 0. The third-order valence-electron chi connectivity index (χ3n) is 9.29. The molecule has 4 aromatic rings. The van der Waals surface area contributed by atoms with E-state index >= 15 is 8.78 Å². The van der Waals surface area contributed by atoms with Gasteiger partial charge in [0.15, 0.2) is 0 Å². The number of nitrogens with zero attached hydrogens (tertiary/aromatic N) is 2. The van der Waals surface area contributed by atoms with Gasteiger partial charge in [-0.3, -0.25) is 23.9 Å². The van der Waals surface area contributed by atoms with Crippen molar-refractivity contribution in [2.45, 2.75) is 57.7 Å². The van der Waals surface area contributed by atoms with Crippen molar-refractivity contribution in [2.24, 2.45) is 0 Å². The second-order valence-electron chi connectivity index (χ2n) is 13.0. The third-order valence-corrected chi connectivity index (χ3v) is 9.56. The molecule has 2 aliphatic heterocycles. The zero-order valence-corrected chi connectivity index (χ0v) is 28.5. The van der Waals surface area contributed by atoms with Gasteiger partial charge < -0.3 is 15.2 Å². The molecule has 4 bridgehead atoms. The average Bonchev–Trinajstić information content (AvgIpc) is 3.04. The largest absolute Gasteiger partial charge is 0.488 e. The number of carbonyl (C=O) groups excluding carboxylic acids is 1. The van der Waals surface area contributed by atoms with Crippen LogP contribution in [0.25, 0.3) is 11.1 Å². The Kier molecular flexibility index (Phi) is 10.2. The molecule has 1 saturated heterocycles. The van der Waals surface area contributed by atoms with Crippen LogP contribution in [0.1, 0.15) is 57.4 Å². The number of alkyl halides is 4. The highest BCUT2D eigenvalue weighted by Crippen LogP contribution is 2.39. The predicted molar refractivity (Wildman–Crippen MR) is 179 cm³/mol. The molecule has 2 aliphatic rings. The van der Waals surface area contributed by atoms with Gasteiger partial charge in [-0.1, -0.05) is 23.7 Å². The quantitative estimate of drug-likeness (QED) is 0.205. The van der Waals surface area contributed by atoms with E-state index in [9.17, 15) is 37.1 Å². The van der Waals surface area contributed by atoms with Crippen LogP contribution in [0.3, 0.4) is 0 Å². The monoisotopic (exact) mass is 747 g/mol. The zero-order valence-electron chi connectivity index (χ0n) is 27.8. The number of benzene rings is 3. The van der Waals surface area contributed by atoms with Gasteiger partial charge in [0.1, 0.15) is 36.2 Å². The second kappa shape index (κ2) is 14.3. The highest BCUT2D eigenvalue weighted by atomic mass is 35.5. The normalized spacial score (nSPS) is 18.1. The Morgan fingerprint density at radius 3 is 2.42 bits per heavy atom. The fourth-order valence-electron chi connectivity index (χ4n) is 6.74. The van der Waals surface area contributed by atoms with E-state index in [1.54, 1.807) is 30.0 Å². The van der Waals surface area contributed by atoms with Crippen molar-refractivity contribution in [1.29, 1.82) is 0 Å². The number of hydrogen-bond donors (Lipinski definition) is 2. The molecule has 3 aromatic carbocycles. The van der Waals surface area contributed by atoms with Gasteiger partial charge in [-0.05, 0) is 78.4 Å². The van der Waals surface area contributed by atoms with Crippen LogP contribution < -0.4 is 15.6 Å². The van der Waals surface area contributed by atoms with Crippen molar-refractivity contribution in [1.82, 2.24) is 14.8 Å². The summed E-state index contributed by atoms with van der Waals surface area (Å²) in [5.74, 6) is -4.38. The Hall–Kier alpha value is -4.82. The minimum atomic E-state index is -5.00. The van der Waals surface area contributed by atoms with E-state index in [1.807, 2.05) is 0 Å². The number of rotatable bonds is 6. The molecule has 52 heavy (non-hydrogen) atoms. The van der Waals surface area contributed by atoms with Crippen molar-refractivity contribution < 1.29 is 45.8 Å². The molecule has 1 fully saturated rings. The SMILES string of the molecule is Cc1cc2cc(c1F)[C@@H](CC(=O)O)NC(=O)[C@@H](n1cc(CCN3CC(F)C3)c(C(F)(F)F)cc1=O)c1cc(cc(Cl)c1F)COc1cccc(C)c1-2. The number of fused-ring (bicyclic) bond motifs is 6. The van der Waals surface area contributed by atoms with Gasteiger partial charge in [-0.2, -0.15) is 13.2 Å². The highest BCUT2D eigenvalue weighted by Gasteiger charge is 2.38. The standard InChI is InChI=1S/C37H32ClF6N3O5/c1-18-4-3-5-29-32(18)22-8-19(2)33(40)24(11-22)28(13-31(49)50)45-36(51)35(25-9-20(17-52-29)10-27(38)34(25)41)47-14-21(6-7-46-15-23(39)16-46)26(12-30(47)48)37(42,43)44/h3-5,8-12,14,23,28,35H,6-7,13,15-17H2,1-2H3,(H,45,51)(H,49,50)/t28-,35+/m1/s1. The van der Waals surface area contributed by atoms with E-state index in [1.165, 1.54) is 31.2 Å². The van der Waals surface area contributed by atoms with E-state index in [4.69, 9.17) is 16.3 Å². The fraction of sp³-hybridized carbons (Fsp3) is 0.324. The number of aromatic nitrogens is 1. The number of amides is 1. The second-order valence-corrected chi connectivity index (χ2v) is 13.4. The van der Waals surface area contributed by atoms with E-state index in [0.29, 0.717) is 21.4 Å². The number of ether oxygens (including phenoxy) is 1. The molecule has 0 unspecified atom stereocenters. The van der Waals surface area contributed by atoms with Gasteiger partial charge in [0.05, 0.1) is 23.0 Å². The van der Waals surface area contributed by atoms with Crippen LogP contribution in [0.5, 0.6) is 5.75 Å². The topological polar surface area (TPSA) is 101 Å². The first-order valence-electron chi connectivity index (χ1n) is 16.2. The first-order chi connectivity index (χ1) is 24.5. The summed E-state index contributed by atoms with van der Waals surface area (Å²) >= 11 is 6.31. The van der Waals surface area contributed by atoms with Crippen LogP contribution in [0, 0.1) is 25.5 Å². The van der Waals surface area contributed by atoms with Crippen molar-refractivity contribution in [3.8, 4) is 16.9 Å². The molecule has 274 valence electrons. The van der Waals surface area contributed by atoms with Crippen molar-refractivity contribution in [3.05, 3.63) is 121 Å². The van der Waals surface area contributed by atoms with Gasteiger partial charge >= 0.3 is 12.1 Å². The highest BCUT2D eigenvalue weighted by molar-refractivity contribution is 6.30. The molecule has 0 aliphatic carbocycles. The summed E-state index contributed by atoms with van der Waals surface area (Å²) < 4.78 is 94.9. The van der Waals surface area contributed by atoms with E-state index in [0.717, 1.165) is 11.8 Å². The Bertz CT molecular complexity index is 2130. The number of likely N-dealkylation sites (tertiary alicyclic amines) is 1. The molecule has 2 N–H and O–H groups in total. The van der Waals surface area contributed by atoms with E-state index in [2.05, 4.69) is 5.32 Å². The van der Waals surface area contributed by atoms with Crippen LogP contribution in [0.15, 0.2) is 59.5 Å². The minimum absolute atomic E-state index is 0.0108. The van der Waals surface area contributed by atoms with Crippen molar-refractivity contribution >= 4 is 23.5 Å². The molecular weight excluding hydrogens is 716 g/mol. The summed E-state index contributed by atoms with van der Waals surface area (Å²) in [6, 6.07) is 7.08. The molecule has 2 atom stereocenters. The number of hydrogen-bond acceptors (Lipinski definition) is 5. The van der Waals surface area contributed by atoms with Crippen LogP contribution in [-0.4, -0.2) is 52.3 Å². The first-order valence-corrected chi connectivity index (χ1v) is 16.6. The summed E-state index contributed by atoms with van der Waals surface area (Å²) in [6.45, 7) is 3.00. The molecule has 15 heteroatoms.